The fourth-order valence-corrected chi connectivity index (χ4v) is 1.91. The third kappa shape index (κ3) is 5.34. The molecule has 1 N–H and O–H groups in total. The minimum absolute atomic E-state index is 0.145. The van der Waals surface area contributed by atoms with Gasteiger partial charge in [-0.3, -0.25) is 4.79 Å². The SMILES string of the molecule is CCOC(=O)N[C@@H](CC(=O)OC)[C@H](N=[N+]=[N-])c1ccccc1. The number of hydrogen-bond donors (Lipinski definition) is 1. The number of amides is 1. The molecule has 0 bridgehead atoms. The number of nitrogens with one attached hydrogen (secondary N) is 1. The van der Waals surface area contributed by atoms with Gasteiger partial charge in [-0.05, 0) is 18.0 Å². The van der Waals surface area contributed by atoms with Crippen molar-refractivity contribution in [3.8, 4) is 0 Å². The summed E-state index contributed by atoms with van der Waals surface area (Å²) in [6.07, 6.45) is -0.834. The highest BCUT2D eigenvalue weighted by Gasteiger charge is 2.27. The van der Waals surface area contributed by atoms with Crippen LogP contribution in [0.25, 0.3) is 10.4 Å². The van der Waals surface area contributed by atoms with Crippen molar-refractivity contribution in [2.45, 2.75) is 25.4 Å². The van der Waals surface area contributed by atoms with Crippen LogP contribution in [0.3, 0.4) is 0 Å². The number of alkyl carbamates (subject to hydrolysis) is 1. The van der Waals surface area contributed by atoms with Crippen molar-refractivity contribution in [1.29, 1.82) is 0 Å². The predicted octanol–water partition coefficient (Wildman–Crippen LogP) is 2.72. The van der Waals surface area contributed by atoms with E-state index in [1.165, 1.54) is 7.11 Å². The molecule has 0 unspecified atom stereocenters. The Morgan fingerprint density at radius 3 is 2.59 bits per heavy atom. The van der Waals surface area contributed by atoms with Crippen LogP contribution in [0.15, 0.2) is 35.4 Å². The second-order valence-corrected chi connectivity index (χ2v) is 4.31. The molecular formula is C14H18N4O4. The van der Waals surface area contributed by atoms with Crippen molar-refractivity contribution < 1.29 is 19.1 Å². The van der Waals surface area contributed by atoms with E-state index < -0.39 is 24.1 Å². The van der Waals surface area contributed by atoms with E-state index in [0.717, 1.165) is 0 Å². The smallest absolute Gasteiger partial charge is 0.407 e. The first-order valence-corrected chi connectivity index (χ1v) is 6.71. The first-order chi connectivity index (χ1) is 10.6. The molecular weight excluding hydrogens is 288 g/mol. The van der Waals surface area contributed by atoms with Gasteiger partial charge in [0.15, 0.2) is 0 Å². The van der Waals surface area contributed by atoms with Gasteiger partial charge in [-0.1, -0.05) is 35.4 Å². The number of methoxy groups -OCH3 is 1. The summed E-state index contributed by atoms with van der Waals surface area (Å²) in [6, 6.07) is 7.32. The van der Waals surface area contributed by atoms with Crippen LogP contribution in [0, 0.1) is 0 Å². The van der Waals surface area contributed by atoms with Gasteiger partial charge in [-0.2, -0.15) is 0 Å². The zero-order valence-electron chi connectivity index (χ0n) is 12.4. The lowest BCUT2D eigenvalue weighted by Gasteiger charge is -2.23. The third-order valence-corrected chi connectivity index (χ3v) is 2.89. The molecule has 8 heteroatoms. The zero-order chi connectivity index (χ0) is 16.4. The maximum atomic E-state index is 11.6. The number of rotatable bonds is 7. The van der Waals surface area contributed by atoms with E-state index in [9.17, 15) is 9.59 Å². The molecule has 1 amide bonds. The molecule has 0 aliphatic heterocycles. The fraction of sp³-hybridized carbons (Fsp3) is 0.429. The Kier molecular flexibility index (Phi) is 7.28. The summed E-state index contributed by atoms with van der Waals surface area (Å²) in [5.41, 5.74) is 9.45. The molecule has 1 rings (SSSR count). The van der Waals surface area contributed by atoms with Crippen molar-refractivity contribution in [2.75, 3.05) is 13.7 Å². The topological polar surface area (TPSA) is 113 Å². The molecule has 0 radical (unpaired) electrons. The van der Waals surface area contributed by atoms with Crippen LogP contribution in [0.1, 0.15) is 24.9 Å². The van der Waals surface area contributed by atoms with Crippen LogP contribution in [-0.2, 0) is 14.3 Å². The molecule has 0 aromatic heterocycles. The quantitative estimate of drug-likeness (QED) is 0.361. The maximum Gasteiger partial charge on any atom is 0.407 e. The Morgan fingerprint density at radius 1 is 1.36 bits per heavy atom. The van der Waals surface area contributed by atoms with Crippen LogP contribution in [0.4, 0.5) is 4.79 Å². The number of carbonyl (C=O) groups excluding carboxylic acids is 2. The van der Waals surface area contributed by atoms with E-state index in [1.807, 2.05) is 6.07 Å². The number of hydrogen-bond acceptors (Lipinski definition) is 5. The van der Waals surface area contributed by atoms with E-state index in [-0.39, 0.29) is 13.0 Å². The molecule has 118 valence electrons. The first-order valence-electron chi connectivity index (χ1n) is 6.71. The average molecular weight is 306 g/mol. The van der Waals surface area contributed by atoms with E-state index in [4.69, 9.17) is 10.3 Å². The van der Waals surface area contributed by atoms with Gasteiger partial charge < -0.3 is 14.8 Å². The molecule has 0 fully saturated rings. The van der Waals surface area contributed by atoms with E-state index in [2.05, 4.69) is 20.1 Å². The Bertz CT molecular complexity index is 543. The van der Waals surface area contributed by atoms with Crippen LogP contribution in [-0.4, -0.2) is 31.8 Å². The lowest BCUT2D eigenvalue weighted by Crippen LogP contribution is -2.40. The molecule has 0 aliphatic carbocycles. The predicted molar refractivity (Wildman–Crippen MR) is 78.9 cm³/mol. The lowest BCUT2D eigenvalue weighted by atomic mass is 9.97. The van der Waals surface area contributed by atoms with Crippen LogP contribution < -0.4 is 5.32 Å². The highest BCUT2D eigenvalue weighted by Crippen LogP contribution is 2.24. The molecule has 0 aliphatic rings. The summed E-state index contributed by atoms with van der Waals surface area (Å²) < 4.78 is 9.44. The van der Waals surface area contributed by atoms with Crippen molar-refractivity contribution in [3.05, 3.63) is 46.3 Å². The molecule has 0 saturated heterocycles. The maximum absolute atomic E-state index is 11.6. The van der Waals surface area contributed by atoms with Crippen LogP contribution >= 0.6 is 0 Å². The summed E-state index contributed by atoms with van der Waals surface area (Å²) in [5.74, 6) is -0.532. The van der Waals surface area contributed by atoms with Crippen LogP contribution in [0.5, 0.6) is 0 Å². The molecule has 1 aromatic rings. The highest BCUT2D eigenvalue weighted by molar-refractivity contribution is 5.73. The van der Waals surface area contributed by atoms with Crippen molar-refractivity contribution >= 4 is 12.1 Å². The number of benzene rings is 1. The zero-order valence-corrected chi connectivity index (χ0v) is 12.4. The Hall–Kier alpha value is -2.73. The third-order valence-electron chi connectivity index (χ3n) is 2.89. The van der Waals surface area contributed by atoms with Crippen LogP contribution in [0.2, 0.25) is 0 Å². The number of esters is 1. The van der Waals surface area contributed by atoms with Gasteiger partial charge in [-0.25, -0.2) is 4.79 Å². The highest BCUT2D eigenvalue weighted by atomic mass is 16.5. The number of nitrogens with zero attached hydrogens (tertiary/aromatic N) is 3. The summed E-state index contributed by atoms with van der Waals surface area (Å²) in [7, 11) is 1.24. The summed E-state index contributed by atoms with van der Waals surface area (Å²) in [6.45, 7) is 1.85. The van der Waals surface area contributed by atoms with E-state index >= 15 is 0 Å². The largest absolute Gasteiger partial charge is 0.469 e. The second-order valence-electron chi connectivity index (χ2n) is 4.31. The Balaban J connectivity index is 3.04. The lowest BCUT2D eigenvalue weighted by molar-refractivity contribution is -0.141. The average Bonchev–Trinajstić information content (AvgIpc) is 2.53. The summed E-state index contributed by atoms with van der Waals surface area (Å²) in [5, 5.41) is 6.24. The monoisotopic (exact) mass is 306 g/mol. The van der Waals surface area contributed by atoms with Gasteiger partial charge in [0.25, 0.3) is 0 Å². The standard InChI is InChI=1S/C14H18N4O4/c1-3-22-14(20)16-11(9-12(19)21-2)13(17-18-15)10-7-5-4-6-8-10/h4-8,11,13H,3,9H2,1-2H3,(H,16,20)/t11-,13+/m0/s1. The first kappa shape index (κ1) is 17.3. The number of ether oxygens (including phenoxy) is 2. The van der Waals surface area contributed by atoms with Gasteiger partial charge in [0.1, 0.15) is 0 Å². The molecule has 0 spiro atoms. The van der Waals surface area contributed by atoms with Gasteiger partial charge in [0.05, 0.1) is 32.2 Å². The number of carbonyl (C=O) groups is 2. The molecule has 2 atom stereocenters. The summed E-state index contributed by atoms with van der Waals surface area (Å²) in [4.78, 5) is 26.0. The minimum Gasteiger partial charge on any atom is -0.469 e. The minimum atomic E-state index is -0.773. The Labute approximate surface area is 128 Å². The van der Waals surface area contributed by atoms with Gasteiger partial charge >= 0.3 is 12.1 Å². The van der Waals surface area contributed by atoms with Gasteiger partial charge in [0.2, 0.25) is 0 Å². The number of azide groups is 1. The molecule has 1 aromatic carbocycles. The molecule has 8 nitrogen and oxygen atoms in total. The molecule has 22 heavy (non-hydrogen) atoms. The molecule has 0 saturated carbocycles. The second kappa shape index (κ2) is 9.25. The summed E-state index contributed by atoms with van der Waals surface area (Å²) >= 11 is 0. The van der Waals surface area contributed by atoms with Crippen molar-refractivity contribution in [2.24, 2.45) is 5.11 Å². The normalized spacial score (nSPS) is 12.5. The Morgan fingerprint density at radius 2 is 2.05 bits per heavy atom. The van der Waals surface area contributed by atoms with E-state index in [0.29, 0.717) is 5.56 Å². The van der Waals surface area contributed by atoms with Gasteiger partial charge in [-0.15, -0.1) is 0 Å². The van der Waals surface area contributed by atoms with Crippen molar-refractivity contribution in [3.63, 3.8) is 0 Å². The van der Waals surface area contributed by atoms with Crippen molar-refractivity contribution in [1.82, 2.24) is 5.32 Å². The van der Waals surface area contributed by atoms with Gasteiger partial charge in [0, 0.05) is 4.91 Å². The fourth-order valence-electron chi connectivity index (χ4n) is 1.91. The molecule has 0 heterocycles. The van der Waals surface area contributed by atoms with E-state index in [1.54, 1.807) is 31.2 Å².